The van der Waals surface area contributed by atoms with E-state index in [1.807, 2.05) is 37.3 Å². The van der Waals surface area contributed by atoms with Crippen LogP contribution in [0.1, 0.15) is 5.56 Å². The topological polar surface area (TPSA) is 114 Å². The van der Waals surface area contributed by atoms with Crippen LogP contribution < -0.4 is 21.7 Å². The minimum atomic E-state index is -0.474. The molecule has 0 amide bonds. The highest BCUT2D eigenvalue weighted by molar-refractivity contribution is 7.80. The normalized spacial score (nSPS) is 10.5. The van der Waals surface area contributed by atoms with E-state index in [0.717, 1.165) is 5.56 Å². The molecule has 0 saturated carbocycles. The average molecular weight is 446 g/mol. The van der Waals surface area contributed by atoms with Crippen LogP contribution in [0.2, 0.25) is 0 Å². The summed E-state index contributed by atoms with van der Waals surface area (Å²) in [6, 6.07) is 20.4. The molecule has 0 spiro atoms. The van der Waals surface area contributed by atoms with Crippen molar-refractivity contribution < 1.29 is 4.92 Å². The Labute approximate surface area is 187 Å². The SMILES string of the molecule is Cc1ccccc1-n1c(NNC(=S)Nc2ccc([N+](=O)[O-])cc2)nc2ccccc2c1=O. The summed E-state index contributed by atoms with van der Waals surface area (Å²) in [6.45, 7) is 1.91. The number of anilines is 2. The highest BCUT2D eigenvalue weighted by Crippen LogP contribution is 2.19. The summed E-state index contributed by atoms with van der Waals surface area (Å²) in [7, 11) is 0. The summed E-state index contributed by atoms with van der Waals surface area (Å²) in [4.78, 5) is 28.2. The third-order valence-corrected chi connectivity index (χ3v) is 4.96. The van der Waals surface area contributed by atoms with Gasteiger partial charge in [0.15, 0.2) is 5.11 Å². The van der Waals surface area contributed by atoms with Crippen molar-refractivity contribution in [3.63, 3.8) is 0 Å². The van der Waals surface area contributed by atoms with Gasteiger partial charge in [-0.1, -0.05) is 30.3 Å². The molecule has 0 radical (unpaired) electrons. The Balaban J connectivity index is 1.63. The number of non-ortho nitro benzene ring substituents is 1. The van der Waals surface area contributed by atoms with Crippen LogP contribution in [-0.2, 0) is 0 Å². The Morgan fingerprint density at radius 3 is 2.44 bits per heavy atom. The molecule has 4 aromatic rings. The van der Waals surface area contributed by atoms with Gasteiger partial charge in [0.05, 0.1) is 21.5 Å². The van der Waals surface area contributed by atoms with Crippen molar-refractivity contribution in [3.05, 3.63) is 98.8 Å². The molecule has 0 fully saturated rings. The first-order chi connectivity index (χ1) is 15.4. The molecule has 0 saturated heterocycles. The second-order valence-corrected chi connectivity index (χ2v) is 7.30. The first kappa shape index (κ1) is 20.9. The average Bonchev–Trinajstić information content (AvgIpc) is 2.79. The van der Waals surface area contributed by atoms with E-state index in [4.69, 9.17) is 12.2 Å². The molecule has 0 unspecified atom stereocenters. The number of para-hydroxylation sites is 2. The number of thiocarbonyl (C=S) groups is 1. The van der Waals surface area contributed by atoms with Gasteiger partial charge in [-0.05, 0) is 55.0 Å². The van der Waals surface area contributed by atoms with Crippen molar-refractivity contribution in [2.24, 2.45) is 0 Å². The number of benzene rings is 3. The van der Waals surface area contributed by atoms with Gasteiger partial charge in [-0.3, -0.25) is 25.8 Å². The number of rotatable bonds is 5. The van der Waals surface area contributed by atoms with Gasteiger partial charge in [0.1, 0.15) is 0 Å². The molecule has 1 heterocycles. The number of aryl methyl sites for hydroxylation is 1. The minimum absolute atomic E-state index is 0.0184. The number of nitro groups is 1. The van der Waals surface area contributed by atoms with Crippen LogP contribution in [0.3, 0.4) is 0 Å². The van der Waals surface area contributed by atoms with E-state index in [9.17, 15) is 14.9 Å². The van der Waals surface area contributed by atoms with E-state index in [1.54, 1.807) is 30.3 Å². The molecule has 32 heavy (non-hydrogen) atoms. The summed E-state index contributed by atoms with van der Waals surface area (Å²) in [6.07, 6.45) is 0. The van der Waals surface area contributed by atoms with Gasteiger partial charge in [0.25, 0.3) is 11.2 Å². The maximum absolute atomic E-state index is 13.3. The molecule has 3 aromatic carbocycles. The van der Waals surface area contributed by atoms with E-state index in [1.165, 1.54) is 16.7 Å². The zero-order valence-corrected chi connectivity index (χ0v) is 17.7. The number of nitrogens with zero attached hydrogens (tertiary/aromatic N) is 3. The number of hydrogen-bond acceptors (Lipinski definition) is 6. The third-order valence-electron chi connectivity index (χ3n) is 4.76. The van der Waals surface area contributed by atoms with E-state index >= 15 is 0 Å². The van der Waals surface area contributed by atoms with E-state index in [-0.39, 0.29) is 22.3 Å². The zero-order chi connectivity index (χ0) is 22.7. The molecule has 1 aromatic heterocycles. The van der Waals surface area contributed by atoms with Crippen LogP contribution in [0.5, 0.6) is 0 Å². The number of nitro benzene ring substituents is 1. The third kappa shape index (κ3) is 4.25. The summed E-state index contributed by atoms with van der Waals surface area (Å²) in [5.41, 5.74) is 8.20. The van der Waals surface area contributed by atoms with Crippen molar-refractivity contribution in [1.29, 1.82) is 0 Å². The lowest BCUT2D eigenvalue weighted by molar-refractivity contribution is -0.384. The van der Waals surface area contributed by atoms with E-state index in [0.29, 0.717) is 22.3 Å². The highest BCUT2D eigenvalue weighted by Gasteiger charge is 2.14. The minimum Gasteiger partial charge on any atom is -0.331 e. The molecule has 0 aliphatic rings. The lowest BCUT2D eigenvalue weighted by atomic mass is 10.2. The fourth-order valence-electron chi connectivity index (χ4n) is 3.20. The summed E-state index contributed by atoms with van der Waals surface area (Å²) in [5.74, 6) is 0.260. The Morgan fingerprint density at radius 1 is 1.03 bits per heavy atom. The summed E-state index contributed by atoms with van der Waals surface area (Å²) < 4.78 is 1.49. The fraction of sp³-hybridized carbons (Fsp3) is 0.0455. The lowest BCUT2D eigenvalue weighted by Gasteiger charge is -2.18. The van der Waals surface area contributed by atoms with Crippen LogP contribution in [0.25, 0.3) is 16.6 Å². The maximum atomic E-state index is 13.3. The second-order valence-electron chi connectivity index (χ2n) is 6.89. The van der Waals surface area contributed by atoms with Gasteiger partial charge >= 0.3 is 0 Å². The molecular weight excluding hydrogens is 428 g/mol. The number of fused-ring (bicyclic) bond motifs is 1. The van der Waals surface area contributed by atoms with Gasteiger partial charge in [-0.15, -0.1) is 0 Å². The Kier molecular flexibility index (Phi) is 5.77. The first-order valence-electron chi connectivity index (χ1n) is 9.59. The molecule has 10 heteroatoms. The van der Waals surface area contributed by atoms with Crippen molar-refractivity contribution in [3.8, 4) is 5.69 Å². The number of nitrogens with one attached hydrogen (secondary N) is 3. The predicted octanol–water partition coefficient (Wildman–Crippen LogP) is 3.92. The van der Waals surface area contributed by atoms with Crippen LogP contribution in [0, 0.1) is 17.0 Å². The van der Waals surface area contributed by atoms with Gasteiger partial charge in [0.2, 0.25) is 5.95 Å². The maximum Gasteiger partial charge on any atom is 0.269 e. The summed E-state index contributed by atoms with van der Waals surface area (Å²) >= 11 is 5.30. The van der Waals surface area contributed by atoms with Crippen LogP contribution in [0.4, 0.5) is 17.3 Å². The van der Waals surface area contributed by atoms with Crippen molar-refractivity contribution in [2.45, 2.75) is 6.92 Å². The monoisotopic (exact) mass is 446 g/mol. The van der Waals surface area contributed by atoms with Crippen molar-refractivity contribution in [1.82, 2.24) is 15.0 Å². The predicted molar refractivity (Wildman–Crippen MR) is 128 cm³/mol. The van der Waals surface area contributed by atoms with Crippen molar-refractivity contribution >= 4 is 45.6 Å². The van der Waals surface area contributed by atoms with E-state index < -0.39 is 4.92 Å². The van der Waals surface area contributed by atoms with E-state index in [2.05, 4.69) is 21.2 Å². The van der Waals surface area contributed by atoms with Crippen LogP contribution in [0.15, 0.2) is 77.6 Å². The molecule has 160 valence electrons. The largest absolute Gasteiger partial charge is 0.331 e. The Morgan fingerprint density at radius 2 is 1.72 bits per heavy atom. The lowest BCUT2D eigenvalue weighted by Crippen LogP contribution is -2.36. The highest BCUT2D eigenvalue weighted by atomic mass is 32.1. The van der Waals surface area contributed by atoms with Gasteiger partial charge in [-0.2, -0.15) is 0 Å². The molecule has 0 bridgehead atoms. The molecule has 0 aliphatic heterocycles. The van der Waals surface area contributed by atoms with Crippen LogP contribution in [-0.4, -0.2) is 19.6 Å². The Bertz CT molecular complexity index is 1380. The Hall–Kier alpha value is -4.31. The molecule has 0 atom stereocenters. The molecule has 4 rings (SSSR count). The number of hydrazine groups is 1. The fourth-order valence-corrected chi connectivity index (χ4v) is 3.36. The molecular formula is C22H18N6O3S. The molecule has 0 aliphatic carbocycles. The second kappa shape index (κ2) is 8.82. The number of aromatic nitrogens is 2. The van der Waals surface area contributed by atoms with Gasteiger partial charge in [-0.25, -0.2) is 9.55 Å². The molecule has 9 nitrogen and oxygen atoms in total. The zero-order valence-electron chi connectivity index (χ0n) is 16.9. The van der Waals surface area contributed by atoms with Gasteiger partial charge in [0, 0.05) is 17.8 Å². The smallest absolute Gasteiger partial charge is 0.269 e. The van der Waals surface area contributed by atoms with Gasteiger partial charge < -0.3 is 5.32 Å². The summed E-state index contributed by atoms with van der Waals surface area (Å²) in [5, 5.41) is 14.4. The number of hydrogen-bond donors (Lipinski definition) is 3. The van der Waals surface area contributed by atoms with Crippen LogP contribution >= 0.6 is 12.2 Å². The quantitative estimate of drug-likeness (QED) is 0.240. The molecule has 3 N–H and O–H groups in total. The van der Waals surface area contributed by atoms with Crippen molar-refractivity contribution in [2.75, 3.05) is 10.7 Å². The first-order valence-corrected chi connectivity index (χ1v) is 10.00. The standard InChI is InChI=1S/C22H18N6O3S/c1-14-6-2-5-9-19(14)27-20(29)17-7-3-4-8-18(17)24-21(27)25-26-22(32)23-15-10-12-16(13-11-15)28(30)31/h2-13H,1H3,(H,24,25)(H2,23,26,32).